The highest BCUT2D eigenvalue weighted by molar-refractivity contribution is 5.94. The summed E-state index contributed by atoms with van der Waals surface area (Å²) < 4.78 is 2.01. The van der Waals surface area contributed by atoms with Crippen LogP contribution in [-0.2, 0) is 12.8 Å². The predicted octanol–water partition coefficient (Wildman–Crippen LogP) is 2.71. The molecule has 2 N–H and O–H groups in total. The van der Waals surface area contributed by atoms with E-state index in [1.807, 2.05) is 4.68 Å². The Labute approximate surface area is 155 Å². The molecule has 1 amide bonds. The summed E-state index contributed by atoms with van der Waals surface area (Å²) in [7, 11) is 0. The van der Waals surface area contributed by atoms with Crippen molar-refractivity contribution in [2.24, 2.45) is 5.92 Å². The third kappa shape index (κ3) is 3.28. The van der Waals surface area contributed by atoms with E-state index in [0.717, 1.165) is 56.6 Å². The summed E-state index contributed by atoms with van der Waals surface area (Å²) in [6, 6.07) is 6.40. The van der Waals surface area contributed by atoms with Crippen LogP contribution in [0.1, 0.15) is 52.1 Å². The van der Waals surface area contributed by atoms with Gasteiger partial charge in [0.25, 0.3) is 5.91 Å². The van der Waals surface area contributed by atoms with Gasteiger partial charge in [-0.25, -0.2) is 4.68 Å². The van der Waals surface area contributed by atoms with E-state index in [4.69, 9.17) is 5.10 Å². The minimum absolute atomic E-state index is 0.0161. The van der Waals surface area contributed by atoms with Crippen LogP contribution in [0.2, 0.25) is 0 Å². The number of hydrogen-bond donors (Lipinski definition) is 2. The van der Waals surface area contributed by atoms with E-state index in [0.29, 0.717) is 11.6 Å². The van der Waals surface area contributed by atoms with E-state index in [1.165, 1.54) is 23.2 Å². The maximum absolute atomic E-state index is 12.8. The molecular weight excluding hydrogens is 324 g/mol. The van der Waals surface area contributed by atoms with Gasteiger partial charge in [-0.2, -0.15) is 5.10 Å². The predicted molar refractivity (Wildman–Crippen MR) is 103 cm³/mol. The number of aryl methyl sites for hydroxylation is 2. The summed E-state index contributed by atoms with van der Waals surface area (Å²) in [6.07, 6.45) is 5.31. The van der Waals surface area contributed by atoms with Crippen molar-refractivity contribution in [1.29, 1.82) is 0 Å². The summed E-state index contributed by atoms with van der Waals surface area (Å²) in [5, 5.41) is 11.2. The number of aromatic nitrogens is 2. The zero-order valence-electron chi connectivity index (χ0n) is 15.8. The number of hydrogen-bond acceptors (Lipinski definition) is 3. The van der Waals surface area contributed by atoms with Crippen molar-refractivity contribution in [2.45, 2.75) is 46.0 Å². The molecule has 1 aromatic carbocycles. The van der Waals surface area contributed by atoms with Crippen LogP contribution in [0.15, 0.2) is 18.2 Å². The molecule has 0 radical (unpaired) electrons. The zero-order valence-corrected chi connectivity index (χ0v) is 15.8. The molecule has 2 aromatic rings. The van der Waals surface area contributed by atoms with E-state index in [2.05, 4.69) is 42.7 Å². The SMILES string of the molecule is Cc1ccc(-n2nc(C(=O)NCCC3CCNC3)c3c2CCC3)c(C)c1. The van der Waals surface area contributed by atoms with Gasteiger partial charge in [-0.3, -0.25) is 4.79 Å². The van der Waals surface area contributed by atoms with Crippen molar-refractivity contribution < 1.29 is 4.79 Å². The van der Waals surface area contributed by atoms with E-state index in [-0.39, 0.29) is 5.91 Å². The lowest BCUT2D eigenvalue weighted by Crippen LogP contribution is -2.27. The molecule has 1 aliphatic carbocycles. The fraction of sp³-hybridized carbons (Fsp3) is 0.524. The second-order valence-electron chi connectivity index (χ2n) is 7.73. The van der Waals surface area contributed by atoms with Crippen LogP contribution < -0.4 is 10.6 Å². The van der Waals surface area contributed by atoms with Crippen LogP contribution in [0.25, 0.3) is 5.69 Å². The standard InChI is InChI=1S/C21H28N4O/c1-14-6-7-18(15(2)12-14)25-19-5-3-4-17(19)20(24-25)21(26)23-11-9-16-8-10-22-13-16/h6-7,12,16,22H,3-5,8-11,13H2,1-2H3,(H,23,26). The first-order valence-corrected chi connectivity index (χ1v) is 9.81. The number of amides is 1. The van der Waals surface area contributed by atoms with E-state index >= 15 is 0 Å². The van der Waals surface area contributed by atoms with Crippen LogP contribution >= 0.6 is 0 Å². The van der Waals surface area contributed by atoms with Gasteiger partial charge in [0.15, 0.2) is 5.69 Å². The van der Waals surface area contributed by atoms with Gasteiger partial charge >= 0.3 is 0 Å². The third-order valence-electron chi connectivity index (χ3n) is 5.73. The highest BCUT2D eigenvalue weighted by atomic mass is 16.1. The molecule has 1 aromatic heterocycles. The summed E-state index contributed by atoms with van der Waals surface area (Å²) in [6.45, 7) is 7.12. The van der Waals surface area contributed by atoms with Gasteiger partial charge in [0.05, 0.1) is 5.69 Å². The maximum Gasteiger partial charge on any atom is 0.272 e. The van der Waals surface area contributed by atoms with E-state index in [1.54, 1.807) is 0 Å². The van der Waals surface area contributed by atoms with Crippen molar-refractivity contribution in [3.63, 3.8) is 0 Å². The summed E-state index contributed by atoms with van der Waals surface area (Å²) in [5.74, 6) is 0.673. The van der Waals surface area contributed by atoms with Crippen LogP contribution in [0.5, 0.6) is 0 Å². The van der Waals surface area contributed by atoms with Gasteiger partial charge in [0, 0.05) is 17.8 Å². The fourth-order valence-electron chi connectivity index (χ4n) is 4.30. The number of nitrogens with zero attached hydrogens (tertiary/aromatic N) is 2. The van der Waals surface area contributed by atoms with Crippen molar-refractivity contribution in [3.05, 3.63) is 46.3 Å². The minimum Gasteiger partial charge on any atom is -0.351 e. The number of rotatable bonds is 5. The molecule has 1 unspecified atom stereocenters. The minimum atomic E-state index is -0.0161. The molecule has 4 rings (SSSR count). The molecule has 0 saturated carbocycles. The molecule has 26 heavy (non-hydrogen) atoms. The van der Waals surface area contributed by atoms with Gasteiger partial charge in [0.2, 0.25) is 0 Å². The van der Waals surface area contributed by atoms with E-state index < -0.39 is 0 Å². The molecule has 1 saturated heterocycles. The van der Waals surface area contributed by atoms with Crippen LogP contribution in [-0.4, -0.2) is 35.3 Å². The molecule has 0 bridgehead atoms. The first-order valence-electron chi connectivity index (χ1n) is 9.81. The molecule has 2 heterocycles. The number of carbonyl (C=O) groups excluding carboxylic acids is 1. The monoisotopic (exact) mass is 352 g/mol. The maximum atomic E-state index is 12.8. The largest absolute Gasteiger partial charge is 0.351 e. The topological polar surface area (TPSA) is 59.0 Å². The molecule has 1 atom stereocenters. The van der Waals surface area contributed by atoms with Crippen LogP contribution in [0.3, 0.4) is 0 Å². The number of carbonyl (C=O) groups is 1. The molecule has 1 aliphatic heterocycles. The highest BCUT2D eigenvalue weighted by Gasteiger charge is 2.27. The normalized spacial score (nSPS) is 18.9. The van der Waals surface area contributed by atoms with Crippen molar-refractivity contribution in [1.82, 2.24) is 20.4 Å². The van der Waals surface area contributed by atoms with Crippen molar-refractivity contribution >= 4 is 5.91 Å². The van der Waals surface area contributed by atoms with Crippen molar-refractivity contribution in [3.8, 4) is 5.69 Å². The van der Waals surface area contributed by atoms with Gasteiger partial charge in [-0.05, 0) is 76.6 Å². The Kier molecular flexibility index (Phi) is 4.81. The third-order valence-corrected chi connectivity index (χ3v) is 5.73. The second-order valence-corrected chi connectivity index (χ2v) is 7.73. The molecule has 0 spiro atoms. The number of nitrogens with one attached hydrogen (secondary N) is 2. The Balaban J connectivity index is 1.54. The van der Waals surface area contributed by atoms with Gasteiger partial charge in [-0.1, -0.05) is 17.7 Å². The van der Waals surface area contributed by atoms with Gasteiger partial charge in [0.1, 0.15) is 0 Å². The van der Waals surface area contributed by atoms with Crippen LogP contribution in [0.4, 0.5) is 0 Å². The van der Waals surface area contributed by atoms with Crippen LogP contribution in [0, 0.1) is 19.8 Å². The van der Waals surface area contributed by atoms with Gasteiger partial charge < -0.3 is 10.6 Å². The Morgan fingerprint density at radius 2 is 2.23 bits per heavy atom. The quantitative estimate of drug-likeness (QED) is 0.870. The number of benzene rings is 1. The first-order chi connectivity index (χ1) is 12.6. The second kappa shape index (κ2) is 7.23. The Morgan fingerprint density at radius 1 is 1.35 bits per heavy atom. The van der Waals surface area contributed by atoms with Gasteiger partial charge in [-0.15, -0.1) is 0 Å². The lowest BCUT2D eigenvalue weighted by Gasteiger charge is -2.10. The molecule has 5 heteroatoms. The summed E-state index contributed by atoms with van der Waals surface area (Å²) in [4.78, 5) is 12.8. The molecule has 1 fully saturated rings. The smallest absolute Gasteiger partial charge is 0.272 e. The molecular formula is C21H28N4O. The Hall–Kier alpha value is -2.14. The average Bonchev–Trinajstić information content (AvgIpc) is 3.32. The molecule has 5 nitrogen and oxygen atoms in total. The zero-order chi connectivity index (χ0) is 18.1. The highest BCUT2D eigenvalue weighted by Crippen LogP contribution is 2.29. The molecule has 2 aliphatic rings. The van der Waals surface area contributed by atoms with E-state index in [9.17, 15) is 4.79 Å². The Bertz CT molecular complexity index is 818. The number of fused-ring (bicyclic) bond motifs is 1. The molecule has 138 valence electrons. The van der Waals surface area contributed by atoms with Crippen molar-refractivity contribution in [2.75, 3.05) is 19.6 Å². The summed E-state index contributed by atoms with van der Waals surface area (Å²) in [5.41, 5.74) is 6.51. The Morgan fingerprint density at radius 3 is 3.00 bits per heavy atom. The lowest BCUT2D eigenvalue weighted by molar-refractivity contribution is 0.0945. The average molecular weight is 352 g/mol. The fourth-order valence-corrected chi connectivity index (χ4v) is 4.30. The first kappa shape index (κ1) is 17.3. The summed E-state index contributed by atoms with van der Waals surface area (Å²) >= 11 is 0. The lowest BCUT2D eigenvalue weighted by atomic mass is 10.1.